The summed E-state index contributed by atoms with van der Waals surface area (Å²) in [6.45, 7) is 0. The summed E-state index contributed by atoms with van der Waals surface area (Å²) in [7, 11) is 0. The average Bonchev–Trinajstić information content (AvgIpc) is 2.42. The Hall–Kier alpha value is -1.98. The summed E-state index contributed by atoms with van der Waals surface area (Å²) in [5.74, 6) is -1.35. The summed E-state index contributed by atoms with van der Waals surface area (Å²) in [6, 6.07) is 10.9. The lowest BCUT2D eigenvalue weighted by molar-refractivity contribution is 0.102. The van der Waals surface area contributed by atoms with Crippen molar-refractivity contribution in [3.8, 4) is 0 Å². The molecule has 1 amide bonds. The quantitative estimate of drug-likeness (QED) is 0.855. The maximum Gasteiger partial charge on any atom is 0.258 e. The number of carbonyl (C=O) groups is 1. The molecule has 0 spiro atoms. The monoisotopic (exact) mass is 308 g/mol. The Morgan fingerprint density at radius 3 is 2.65 bits per heavy atom. The fourth-order valence-electron chi connectivity index (χ4n) is 1.63. The molecule has 0 aliphatic heterocycles. The molecule has 0 radical (unpaired) electrons. The molecule has 0 heterocycles. The van der Waals surface area contributed by atoms with E-state index in [0.29, 0.717) is 11.3 Å². The number of hydrogen-bond donors (Lipinski definition) is 2. The van der Waals surface area contributed by atoms with Gasteiger partial charge in [0.2, 0.25) is 0 Å². The minimum Gasteiger partial charge on any atom is -0.389 e. The molecular formula is C14H10ClFN2OS. The maximum atomic E-state index is 13.7. The number of nitrogens with one attached hydrogen (secondary N) is 1. The van der Waals surface area contributed by atoms with Crippen LogP contribution in [0, 0.1) is 5.82 Å². The average molecular weight is 309 g/mol. The highest BCUT2D eigenvalue weighted by Gasteiger charge is 2.14. The molecule has 2 aromatic carbocycles. The van der Waals surface area contributed by atoms with Gasteiger partial charge >= 0.3 is 0 Å². The zero-order valence-corrected chi connectivity index (χ0v) is 11.8. The second-order valence-corrected chi connectivity index (χ2v) is 4.85. The van der Waals surface area contributed by atoms with Gasteiger partial charge in [0.05, 0.1) is 10.6 Å². The van der Waals surface area contributed by atoms with Crippen molar-refractivity contribution in [3.05, 3.63) is 64.4 Å². The normalized spacial score (nSPS) is 10.1. The van der Waals surface area contributed by atoms with Crippen molar-refractivity contribution >= 4 is 40.4 Å². The van der Waals surface area contributed by atoms with E-state index >= 15 is 0 Å². The van der Waals surface area contributed by atoms with E-state index in [1.807, 2.05) is 0 Å². The minimum atomic E-state index is -0.753. The van der Waals surface area contributed by atoms with Gasteiger partial charge in [-0.1, -0.05) is 42.0 Å². The van der Waals surface area contributed by atoms with Gasteiger partial charge in [-0.25, -0.2) is 4.39 Å². The van der Waals surface area contributed by atoms with E-state index in [1.54, 1.807) is 24.3 Å². The predicted molar refractivity (Wildman–Crippen MR) is 81.7 cm³/mol. The predicted octanol–water partition coefficient (Wildman–Crippen LogP) is 3.37. The summed E-state index contributed by atoms with van der Waals surface area (Å²) >= 11 is 10.5. The van der Waals surface area contributed by atoms with Gasteiger partial charge in [-0.3, -0.25) is 4.79 Å². The topological polar surface area (TPSA) is 55.1 Å². The third kappa shape index (κ3) is 3.12. The zero-order valence-electron chi connectivity index (χ0n) is 10.2. The lowest BCUT2D eigenvalue weighted by atomic mass is 10.1. The van der Waals surface area contributed by atoms with Gasteiger partial charge in [0.25, 0.3) is 5.91 Å². The van der Waals surface area contributed by atoms with Gasteiger partial charge < -0.3 is 11.1 Å². The first-order valence-corrected chi connectivity index (χ1v) is 6.43. The molecule has 0 aromatic heterocycles. The van der Waals surface area contributed by atoms with E-state index in [1.165, 1.54) is 18.2 Å². The van der Waals surface area contributed by atoms with Gasteiger partial charge in [0.1, 0.15) is 4.99 Å². The molecule has 0 saturated carbocycles. The van der Waals surface area contributed by atoms with Crippen LogP contribution < -0.4 is 11.1 Å². The van der Waals surface area contributed by atoms with Crippen LogP contribution in [0.15, 0.2) is 42.5 Å². The highest BCUT2D eigenvalue weighted by atomic mass is 35.5. The largest absolute Gasteiger partial charge is 0.389 e. The van der Waals surface area contributed by atoms with Crippen LogP contribution >= 0.6 is 23.8 Å². The first-order valence-electron chi connectivity index (χ1n) is 5.64. The number of carbonyl (C=O) groups excluding carboxylic acids is 1. The highest BCUT2D eigenvalue weighted by molar-refractivity contribution is 7.80. The molecule has 2 rings (SSSR count). The minimum absolute atomic E-state index is 0.102. The van der Waals surface area contributed by atoms with E-state index in [-0.39, 0.29) is 15.6 Å². The summed E-state index contributed by atoms with van der Waals surface area (Å²) < 4.78 is 13.7. The standard InChI is InChI=1S/C14H10ClFN2OS/c15-11-6-2-5-10(12(11)16)14(19)18-9-4-1-3-8(7-9)13(17)20/h1-7H,(H2,17,20)(H,18,19). The van der Waals surface area contributed by atoms with Crippen molar-refractivity contribution in [2.45, 2.75) is 0 Å². The fourth-order valence-corrected chi connectivity index (χ4v) is 1.93. The van der Waals surface area contributed by atoms with Crippen LogP contribution in [-0.2, 0) is 0 Å². The number of halogens is 2. The van der Waals surface area contributed by atoms with Crippen molar-refractivity contribution in [1.29, 1.82) is 0 Å². The van der Waals surface area contributed by atoms with Gasteiger partial charge in [-0.05, 0) is 24.3 Å². The lowest BCUT2D eigenvalue weighted by Gasteiger charge is -2.08. The Bertz CT molecular complexity index is 691. The van der Waals surface area contributed by atoms with Crippen LogP contribution in [0.25, 0.3) is 0 Å². The summed E-state index contributed by atoms with van der Waals surface area (Å²) in [6.07, 6.45) is 0. The Morgan fingerprint density at radius 2 is 1.95 bits per heavy atom. The molecule has 0 saturated heterocycles. The van der Waals surface area contributed by atoms with Crippen LogP contribution in [0.1, 0.15) is 15.9 Å². The number of thiocarbonyl (C=S) groups is 1. The van der Waals surface area contributed by atoms with Crippen molar-refractivity contribution in [2.24, 2.45) is 5.73 Å². The Balaban J connectivity index is 2.26. The second-order valence-electron chi connectivity index (χ2n) is 4.00. The molecule has 2 aromatic rings. The molecule has 6 heteroatoms. The molecule has 0 fully saturated rings. The second kappa shape index (κ2) is 5.98. The lowest BCUT2D eigenvalue weighted by Crippen LogP contribution is -2.15. The SMILES string of the molecule is NC(=S)c1cccc(NC(=O)c2cccc(Cl)c2F)c1. The molecule has 102 valence electrons. The van der Waals surface area contributed by atoms with Gasteiger partial charge in [-0.2, -0.15) is 0 Å². The number of nitrogens with two attached hydrogens (primary N) is 1. The van der Waals surface area contributed by atoms with E-state index in [0.717, 1.165) is 0 Å². The first-order chi connectivity index (χ1) is 9.49. The number of benzene rings is 2. The van der Waals surface area contributed by atoms with Gasteiger partial charge in [-0.15, -0.1) is 0 Å². The summed E-state index contributed by atoms with van der Waals surface area (Å²) in [5.41, 5.74) is 6.47. The zero-order chi connectivity index (χ0) is 14.7. The number of hydrogen-bond acceptors (Lipinski definition) is 2. The molecule has 20 heavy (non-hydrogen) atoms. The van der Waals surface area contributed by atoms with Crippen molar-refractivity contribution in [3.63, 3.8) is 0 Å². The Morgan fingerprint density at radius 1 is 1.25 bits per heavy atom. The van der Waals surface area contributed by atoms with Crippen LogP contribution in [0.5, 0.6) is 0 Å². The van der Waals surface area contributed by atoms with Crippen LogP contribution in [0.4, 0.5) is 10.1 Å². The van der Waals surface area contributed by atoms with E-state index in [9.17, 15) is 9.18 Å². The van der Waals surface area contributed by atoms with Crippen LogP contribution in [-0.4, -0.2) is 10.9 Å². The number of amides is 1. The third-order valence-corrected chi connectivity index (χ3v) is 3.13. The number of rotatable bonds is 3. The van der Waals surface area contributed by atoms with E-state index in [4.69, 9.17) is 29.6 Å². The first kappa shape index (κ1) is 14.4. The Labute approximate surface area is 125 Å². The van der Waals surface area contributed by atoms with Crippen molar-refractivity contribution in [1.82, 2.24) is 0 Å². The van der Waals surface area contributed by atoms with Crippen molar-refractivity contribution < 1.29 is 9.18 Å². The maximum absolute atomic E-state index is 13.7. The van der Waals surface area contributed by atoms with Gasteiger partial charge in [0.15, 0.2) is 5.82 Å². The molecule has 0 bridgehead atoms. The molecular weight excluding hydrogens is 299 g/mol. The Kier molecular flexibility index (Phi) is 4.32. The van der Waals surface area contributed by atoms with Crippen LogP contribution in [0.3, 0.4) is 0 Å². The molecule has 3 N–H and O–H groups in total. The molecule has 3 nitrogen and oxygen atoms in total. The summed E-state index contributed by atoms with van der Waals surface area (Å²) in [5, 5.41) is 2.47. The molecule has 0 aliphatic carbocycles. The molecule has 0 atom stereocenters. The highest BCUT2D eigenvalue weighted by Crippen LogP contribution is 2.19. The van der Waals surface area contributed by atoms with Gasteiger partial charge in [0, 0.05) is 11.3 Å². The van der Waals surface area contributed by atoms with Crippen molar-refractivity contribution in [2.75, 3.05) is 5.32 Å². The van der Waals surface area contributed by atoms with E-state index < -0.39 is 11.7 Å². The number of anilines is 1. The third-order valence-electron chi connectivity index (χ3n) is 2.60. The van der Waals surface area contributed by atoms with Crippen LogP contribution in [0.2, 0.25) is 5.02 Å². The summed E-state index contributed by atoms with van der Waals surface area (Å²) in [4.78, 5) is 12.2. The molecule has 0 unspecified atom stereocenters. The smallest absolute Gasteiger partial charge is 0.258 e. The molecule has 0 aliphatic rings. The fraction of sp³-hybridized carbons (Fsp3) is 0. The van der Waals surface area contributed by atoms with E-state index in [2.05, 4.69) is 5.32 Å².